The van der Waals surface area contributed by atoms with E-state index in [-0.39, 0.29) is 27.3 Å². The zero-order valence-corrected chi connectivity index (χ0v) is 12.2. The summed E-state index contributed by atoms with van der Waals surface area (Å²) in [5.74, 6) is -1.28. The van der Waals surface area contributed by atoms with Gasteiger partial charge in [-0.15, -0.1) is 0 Å². The summed E-state index contributed by atoms with van der Waals surface area (Å²) in [6.45, 7) is 0. The second-order valence-electron chi connectivity index (χ2n) is 3.96. The van der Waals surface area contributed by atoms with Gasteiger partial charge in [0.1, 0.15) is 5.69 Å². The van der Waals surface area contributed by atoms with Crippen molar-refractivity contribution in [2.75, 3.05) is 5.75 Å². The fourth-order valence-corrected chi connectivity index (χ4v) is 2.26. The maximum absolute atomic E-state index is 12.6. The van der Waals surface area contributed by atoms with Gasteiger partial charge in [0, 0.05) is 12.4 Å². The number of halogens is 4. The third-order valence-electron chi connectivity index (χ3n) is 2.37. The molecular formula is C12H7ClF3N3O2S. The highest BCUT2D eigenvalue weighted by molar-refractivity contribution is 7.99. The summed E-state index contributed by atoms with van der Waals surface area (Å²) >= 11 is 6.70. The molecule has 5 nitrogen and oxygen atoms in total. The molecule has 0 unspecified atom stereocenters. The molecule has 0 spiro atoms. The summed E-state index contributed by atoms with van der Waals surface area (Å²) in [6, 6.07) is 2.18. The van der Waals surface area contributed by atoms with Gasteiger partial charge in [-0.25, -0.2) is 9.97 Å². The third-order valence-corrected chi connectivity index (χ3v) is 3.50. The maximum atomic E-state index is 12.6. The highest BCUT2D eigenvalue weighted by Gasteiger charge is 2.31. The van der Waals surface area contributed by atoms with Crippen LogP contribution in [0.15, 0.2) is 29.7 Å². The van der Waals surface area contributed by atoms with Gasteiger partial charge >= 0.3 is 12.1 Å². The molecule has 0 bridgehead atoms. The van der Waals surface area contributed by atoms with E-state index in [1.54, 1.807) is 0 Å². The Morgan fingerprint density at radius 3 is 2.68 bits per heavy atom. The van der Waals surface area contributed by atoms with Crippen molar-refractivity contribution >= 4 is 29.3 Å². The van der Waals surface area contributed by atoms with Crippen LogP contribution in [0, 0.1) is 0 Å². The van der Waals surface area contributed by atoms with Crippen LogP contribution in [0.4, 0.5) is 13.2 Å². The summed E-state index contributed by atoms with van der Waals surface area (Å²) in [5, 5.41) is 8.55. The number of carbonyl (C=O) groups is 1. The first kappa shape index (κ1) is 16.5. The molecule has 0 saturated heterocycles. The lowest BCUT2D eigenvalue weighted by atomic mass is 10.2. The molecule has 2 aromatic rings. The summed E-state index contributed by atoms with van der Waals surface area (Å²) < 4.78 is 37.7. The van der Waals surface area contributed by atoms with Gasteiger partial charge in [-0.2, -0.15) is 13.2 Å². The molecule has 116 valence electrons. The number of aromatic nitrogens is 3. The lowest BCUT2D eigenvalue weighted by molar-refractivity contribution is -0.138. The molecule has 0 aliphatic rings. The standard InChI is InChI=1S/C12H7ClF3N3O2S/c13-7-3-6(12(14,15)16)4-18-10(7)8-1-2-17-11(19-8)22-5-9(20)21/h1-4H,5H2,(H,20,21). The van der Waals surface area contributed by atoms with Gasteiger partial charge in [-0.05, 0) is 12.1 Å². The number of rotatable bonds is 4. The number of pyridine rings is 1. The van der Waals surface area contributed by atoms with Crippen LogP contribution in [0.1, 0.15) is 5.56 Å². The van der Waals surface area contributed by atoms with Crippen molar-refractivity contribution < 1.29 is 23.1 Å². The molecular weight excluding hydrogens is 343 g/mol. The van der Waals surface area contributed by atoms with Gasteiger partial charge in [-0.1, -0.05) is 23.4 Å². The Hall–Kier alpha value is -1.87. The first-order valence-electron chi connectivity index (χ1n) is 5.68. The van der Waals surface area contributed by atoms with Crippen molar-refractivity contribution in [2.24, 2.45) is 0 Å². The average molecular weight is 350 g/mol. The van der Waals surface area contributed by atoms with Crippen LogP contribution in [0.2, 0.25) is 5.02 Å². The third kappa shape index (κ3) is 4.08. The van der Waals surface area contributed by atoms with Gasteiger partial charge in [0.2, 0.25) is 0 Å². The maximum Gasteiger partial charge on any atom is 0.417 e. The van der Waals surface area contributed by atoms with Gasteiger partial charge in [0.15, 0.2) is 5.16 Å². The lowest BCUT2D eigenvalue weighted by Gasteiger charge is -2.09. The number of thioether (sulfide) groups is 1. The summed E-state index contributed by atoms with van der Waals surface area (Å²) in [5.41, 5.74) is -0.688. The zero-order valence-electron chi connectivity index (χ0n) is 10.6. The van der Waals surface area contributed by atoms with E-state index in [2.05, 4.69) is 15.0 Å². The van der Waals surface area contributed by atoms with Crippen LogP contribution in [0.5, 0.6) is 0 Å². The van der Waals surface area contributed by atoms with Crippen molar-refractivity contribution in [3.05, 3.63) is 35.1 Å². The number of carboxylic acids is 1. The van der Waals surface area contributed by atoms with Crippen molar-refractivity contribution in [1.29, 1.82) is 0 Å². The summed E-state index contributed by atoms with van der Waals surface area (Å²) in [6.07, 6.45) is -2.53. The van der Waals surface area contributed by atoms with Gasteiger partial charge < -0.3 is 5.11 Å². The molecule has 22 heavy (non-hydrogen) atoms. The number of hydrogen-bond acceptors (Lipinski definition) is 5. The van der Waals surface area contributed by atoms with E-state index in [1.165, 1.54) is 12.3 Å². The van der Waals surface area contributed by atoms with Crippen LogP contribution in [-0.4, -0.2) is 31.8 Å². The Morgan fingerprint density at radius 1 is 1.36 bits per heavy atom. The molecule has 0 fully saturated rings. The highest BCUT2D eigenvalue weighted by Crippen LogP contribution is 2.33. The zero-order chi connectivity index (χ0) is 16.3. The lowest BCUT2D eigenvalue weighted by Crippen LogP contribution is -2.06. The number of alkyl halides is 3. The molecule has 2 aromatic heterocycles. The molecule has 0 atom stereocenters. The topological polar surface area (TPSA) is 76.0 Å². The predicted molar refractivity (Wildman–Crippen MR) is 73.6 cm³/mol. The Kier molecular flexibility index (Phi) is 4.87. The highest BCUT2D eigenvalue weighted by atomic mass is 35.5. The molecule has 2 rings (SSSR count). The van der Waals surface area contributed by atoms with Crippen LogP contribution in [-0.2, 0) is 11.0 Å². The fourth-order valence-electron chi connectivity index (χ4n) is 1.45. The first-order valence-corrected chi connectivity index (χ1v) is 7.04. The minimum atomic E-state index is -4.54. The summed E-state index contributed by atoms with van der Waals surface area (Å²) in [7, 11) is 0. The number of nitrogens with zero attached hydrogens (tertiary/aromatic N) is 3. The molecule has 0 radical (unpaired) electrons. The Morgan fingerprint density at radius 2 is 2.09 bits per heavy atom. The van der Waals surface area contributed by atoms with Crippen LogP contribution >= 0.6 is 23.4 Å². The van der Waals surface area contributed by atoms with Crippen LogP contribution in [0.25, 0.3) is 11.4 Å². The van der Waals surface area contributed by atoms with Crippen molar-refractivity contribution in [2.45, 2.75) is 11.3 Å². The van der Waals surface area contributed by atoms with E-state index in [1.807, 2.05) is 0 Å². The van der Waals surface area contributed by atoms with Crippen LogP contribution < -0.4 is 0 Å². The van der Waals surface area contributed by atoms with E-state index in [4.69, 9.17) is 16.7 Å². The number of carboxylic acid groups (broad SMARTS) is 1. The molecule has 2 heterocycles. The molecule has 0 amide bonds. The Balaban J connectivity index is 2.32. The van der Waals surface area contributed by atoms with Gasteiger partial charge in [0.05, 0.1) is 22.0 Å². The number of aliphatic carboxylic acids is 1. The minimum absolute atomic E-state index is 0.0641. The quantitative estimate of drug-likeness (QED) is 0.673. The molecule has 0 aromatic carbocycles. The fraction of sp³-hybridized carbons (Fsp3) is 0.167. The van der Waals surface area contributed by atoms with E-state index in [0.717, 1.165) is 17.8 Å². The minimum Gasteiger partial charge on any atom is -0.481 e. The van der Waals surface area contributed by atoms with Crippen molar-refractivity contribution in [3.63, 3.8) is 0 Å². The van der Waals surface area contributed by atoms with Crippen molar-refractivity contribution in [3.8, 4) is 11.4 Å². The largest absolute Gasteiger partial charge is 0.481 e. The first-order chi connectivity index (χ1) is 10.3. The molecule has 10 heteroatoms. The normalized spacial score (nSPS) is 11.5. The summed E-state index contributed by atoms with van der Waals surface area (Å²) in [4.78, 5) is 22.1. The second kappa shape index (κ2) is 6.49. The average Bonchev–Trinajstić information content (AvgIpc) is 2.44. The van der Waals surface area contributed by atoms with Crippen molar-refractivity contribution in [1.82, 2.24) is 15.0 Å². The molecule has 1 N–H and O–H groups in total. The molecule has 0 aliphatic heterocycles. The molecule has 0 saturated carbocycles. The van der Waals surface area contributed by atoms with Crippen LogP contribution in [0.3, 0.4) is 0 Å². The predicted octanol–water partition coefficient (Wildman–Crippen LogP) is 3.39. The number of hydrogen-bond donors (Lipinski definition) is 1. The Bertz CT molecular complexity index is 712. The van der Waals surface area contributed by atoms with Gasteiger partial charge in [0.25, 0.3) is 0 Å². The van der Waals surface area contributed by atoms with E-state index in [0.29, 0.717) is 6.20 Å². The van der Waals surface area contributed by atoms with E-state index < -0.39 is 17.7 Å². The SMILES string of the molecule is O=C(O)CSc1nccc(-c2ncc(C(F)(F)F)cc2Cl)n1. The van der Waals surface area contributed by atoms with E-state index >= 15 is 0 Å². The second-order valence-corrected chi connectivity index (χ2v) is 5.31. The monoisotopic (exact) mass is 349 g/mol. The smallest absolute Gasteiger partial charge is 0.417 e. The Labute approximate surface area is 131 Å². The molecule has 0 aliphatic carbocycles. The van der Waals surface area contributed by atoms with Gasteiger partial charge in [-0.3, -0.25) is 9.78 Å². The van der Waals surface area contributed by atoms with E-state index in [9.17, 15) is 18.0 Å².